The number of ether oxygens (including phenoxy) is 1. The van der Waals surface area contributed by atoms with Crippen LogP contribution in [-0.4, -0.2) is 39.1 Å². The zero-order valence-electron chi connectivity index (χ0n) is 17.5. The van der Waals surface area contributed by atoms with Gasteiger partial charge in [0.1, 0.15) is 5.75 Å². The second kappa shape index (κ2) is 8.44. The number of benzene rings is 2. The van der Waals surface area contributed by atoms with Gasteiger partial charge in [0.05, 0.1) is 17.4 Å². The van der Waals surface area contributed by atoms with Gasteiger partial charge in [-0.2, -0.15) is 0 Å². The van der Waals surface area contributed by atoms with Gasteiger partial charge < -0.3 is 14.2 Å². The quantitative estimate of drug-likeness (QED) is 0.429. The lowest BCUT2D eigenvalue weighted by atomic mass is 9.93. The van der Waals surface area contributed by atoms with Gasteiger partial charge in [0, 0.05) is 11.9 Å². The molecular weight excluding hydrogens is 372 g/mol. The van der Waals surface area contributed by atoms with Crippen LogP contribution >= 0.6 is 0 Å². The first-order chi connectivity index (χ1) is 14.8. The highest BCUT2D eigenvalue weighted by molar-refractivity contribution is 6.04. The minimum atomic E-state index is 0.574. The molecule has 0 saturated carbocycles. The molecule has 2 aromatic heterocycles. The lowest BCUT2D eigenvalue weighted by Crippen LogP contribution is -2.33. The van der Waals surface area contributed by atoms with E-state index in [1.807, 2.05) is 48.8 Å². The van der Waals surface area contributed by atoms with Gasteiger partial charge in [-0.05, 0) is 63.0 Å². The van der Waals surface area contributed by atoms with E-state index in [0.717, 1.165) is 40.1 Å². The highest BCUT2D eigenvalue weighted by Gasteiger charge is 2.20. The maximum atomic E-state index is 6.14. The van der Waals surface area contributed by atoms with Crippen molar-refractivity contribution in [3.63, 3.8) is 0 Å². The van der Waals surface area contributed by atoms with E-state index in [0.29, 0.717) is 5.88 Å². The molecule has 5 rings (SSSR count). The Morgan fingerprint density at radius 2 is 1.77 bits per heavy atom. The fraction of sp³-hybridized carbons (Fsp3) is 0.360. The summed E-state index contributed by atoms with van der Waals surface area (Å²) >= 11 is 0. The van der Waals surface area contributed by atoms with Crippen molar-refractivity contribution < 1.29 is 4.74 Å². The van der Waals surface area contributed by atoms with Crippen LogP contribution in [0.2, 0.25) is 0 Å². The van der Waals surface area contributed by atoms with E-state index >= 15 is 0 Å². The van der Waals surface area contributed by atoms with E-state index in [9.17, 15) is 0 Å². The molecule has 1 aliphatic rings. The number of piperidine rings is 1. The first kappa shape index (κ1) is 19.1. The third kappa shape index (κ3) is 3.77. The van der Waals surface area contributed by atoms with Crippen LogP contribution < -0.4 is 4.74 Å². The topological polar surface area (TPSA) is 43.2 Å². The number of para-hydroxylation sites is 2. The monoisotopic (exact) mass is 400 g/mol. The van der Waals surface area contributed by atoms with Crippen LogP contribution in [0.25, 0.3) is 21.9 Å². The Bertz CT molecular complexity index is 1130. The van der Waals surface area contributed by atoms with E-state index < -0.39 is 0 Å². The molecule has 1 saturated heterocycles. The number of fused-ring (bicyclic) bond motifs is 3. The number of aromatic nitrogens is 3. The molecule has 1 aliphatic heterocycles. The fourth-order valence-corrected chi connectivity index (χ4v) is 4.51. The summed E-state index contributed by atoms with van der Waals surface area (Å²) in [7, 11) is 0. The molecule has 0 bridgehead atoms. The molecule has 0 N–H and O–H groups in total. The Hall–Kier alpha value is -2.92. The number of nitrogens with zero attached hydrogens (tertiary/aromatic N) is 4. The number of hydrogen-bond donors (Lipinski definition) is 0. The van der Waals surface area contributed by atoms with Crippen LogP contribution in [0.15, 0.2) is 60.9 Å². The molecule has 0 amide bonds. The average molecular weight is 401 g/mol. The predicted octanol–water partition coefficient (Wildman–Crippen LogP) is 5.50. The average Bonchev–Trinajstić information content (AvgIpc) is 3.23. The molecule has 0 unspecified atom stereocenters. The first-order valence-corrected chi connectivity index (χ1v) is 11.0. The maximum absolute atomic E-state index is 6.14. The summed E-state index contributed by atoms with van der Waals surface area (Å²) < 4.78 is 8.43. The van der Waals surface area contributed by atoms with Crippen molar-refractivity contribution in [2.24, 2.45) is 5.92 Å². The van der Waals surface area contributed by atoms with Crippen molar-refractivity contribution in [3.05, 3.63) is 60.9 Å². The van der Waals surface area contributed by atoms with E-state index in [-0.39, 0.29) is 0 Å². The second-order valence-corrected chi connectivity index (χ2v) is 8.15. The molecule has 30 heavy (non-hydrogen) atoms. The second-order valence-electron chi connectivity index (χ2n) is 8.15. The van der Waals surface area contributed by atoms with Crippen molar-refractivity contribution in [2.75, 3.05) is 19.6 Å². The van der Waals surface area contributed by atoms with Crippen LogP contribution in [0, 0.1) is 5.92 Å². The lowest BCUT2D eigenvalue weighted by Gasteiger charge is -2.31. The lowest BCUT2D eigenvalue weighted by molar-refractivity contribution is 0.183. The number of imidazole rings is 1. The largest absolute Gasteiger partial charge is 0.437 e. The van der Waals surface area contributed by atoms with Crippen molar-refractivity contribution >= 4 is 21.9 Å². The Morgan fingerprint density at radius 3 is 2.57 bits per heavy atom. The molecule has 3 heterocycles. The van der Waals surface area contributed by atoms with Crippen LogP contribution in [0.5, 0.6) is 11.6 Å². The molecule has 0 atom stereocenters. The van der Waals surface area contributed by atoms with Gasteiger partial charge in [0.15, 0.2) is 5.52 Å². The van der Waals surface area contributed by atoms with E-state index in [1.54, 1.807) is 0 Å². The summed E-state index contributed by atoms with van der Waals surface area (Å²) in [6, 6.07) is 18.1. The van der Waals surface area contributed by atoms with Crippen LogP contribution in [0.3, 0.4) is 0 Å². The summed E-state index contributed by atoms with van der Waals surface area (Å²) in [5.74, 6) is 2.14. The molecule has 0 radical (unpaired) electrons. The Kier molecular flexibility index (Phi) is 5.37. The first-order valence-electron chi connectivity index (χ1n) is 11.0. The molecule has 5 heteroatoms. The fourth-order valence-electron chi connectivity index (χ4n) is 4.51. The molecule has 154 valence electrons. The minimum Gasteiger partial charge on any atom is -0.437 e. The van der Waals surface area contributed by atoms with Crippen molar-refractivity contribution in [3.8, 4) is 11.6 Å². The predicted molar refractivity (Wildman–Crippen MR) is 121 cm³/mol. The Morgan fingerprint density at radius 1 is 1.00 bits per heavy atom. The molecule has 0 aliphatic carbocycles. The van der Waals surface area contributed by atoms with Crippen molar-refractivity contribution in [2.45, 2.75) is 32.7 Å². The van der Waals surface area contributed by atoms with Gasteiger partial charge in [-0.15, -0.1) is 0 Å². The van der Waals surface area contributed by atoms with Gasteiger partial charge in [0.25, 0.3) is 0 Å². The Labute approximate surface area is 177 Å². The molecule has 0 spiro atoms. The SMILES string of the molecule is CCN1CCC(CCn2cnc3c(Oc4ccccc4)nc4ccccc4c32)CC1. The number of pyridine rings is 1. The van der Waals surface area contributed by atoms with Gasteiger partial charge in [-0.3, -0.25) is 0 Å². The number of hydrogen-bond acceptors (Lipinski definition) is 4. The van der Waals surface area contributed by atoms with Crippen LogP contribution in [-0.2, 0) is 6.54 Å². The minimum absolute atomic E-state index is 0.574. The molecule has 4 aromatic rings. The summed E-state index contributed by atoms with van der Waals surface area (Å²) in [6.07, 6.45) is 5.74. The summed E-state index contributed by atoms with van der Waals surface area (Å²) in [5, 5.41) is 1.13. The zero-order chi connectivity index (χ0) is 20.3. The van der Waals surface area contributed by atoms with E-state index in [2.05, 4.69) is 28.5 Å². The third-order valence-electron chi connectivity index (χ3n) is 6.31. The summed E-state index contributed by atoms with van der Waals surface area (Å²) in [5.41, 5.74) is 2.89. The number of rotatable bonds is 6. The van der Waals surface area contributed by atoms with Gasteiger partial charge >= 0.3 is 0 Å². The summed E-state index contributed by atoms with van der Waals surface area (Å²) in [6.45, 7) is 6.86. The van der Waals surface area contributed by atoms with E-state index in [1.165, 1.54) is 38.9 Å². The highest BCUT2D eigenvalue weighted by Crippen LogP contribution is 2.33. The molecule has 1 fully saturated rings. The molecular formula is C25H28N4O. The van der Waals surface area contributed by atoms with Crippen LogP contribution in [0.1, 0.15) is 26.2 Å². The maximum Gasteiger partial charge on any atom is 0.248 e. The van der Waals surface area contributed by atoms with E-state index in [4.69, 9.17) is 14.7 Å². The smallest absolute Gasteiger partial charge is 0.248 e. The highest BCUT2D eigenvalue weighted by atomic mass is 16.5. The van der Waals surface area contributed by atoms with Crippen molar-refractivity contribution in [1.29, 1.82) is 0 Å². The van der Waals surface area contributed by atoms with Gasteiger partial charge in [-0.25, -0.2) is 9.97 Å². The molecule has 2 aromatic carbocycles. The number of likely N-dealkylation sites (tertiary alicyclic amines) is 1. The standard InChI is InChI=1S/C25H28N4O/c1-2-28-15-12-19(13-16-28)14-17-29-18-26-23-24(29)21-10-6-7-11-22(21)27-25(23)30-20-8-4-3-5-9-20/h3-11,18-19H,2,12-17H2,1H3. The summed E-state index contributed by atoms with van der Waals surface area (Å²) in [4.78, 5) is 12.0. The Balaban J connectivity index is 1.46. The third-order valence-corrected chi connectivity index (χ3v) is 6.31. The van der Waals surface area contributed by atoms with Crippen LogP contribution in [0.4, 0.5) is 0 Å². The normalized spacial score (nSPS) is 15.8. The zero-order valence-corrected chi connectivity index (χ0v) is 17.5. The molecule has 5 nitrogen and oxygen atoms in total. The van der Waals surface area contributed by atoms with Gasteiger partial charge in [-0.1, -0.05) is 43.3 Å². The van der Waals surface area contributed by atoms with Crippen molar-refractivity contribution in [1.82, 2.24) is 19.4 Å². The number of aryl methyl sites for hydroxylation is 1. The van der Waals surface area contributed by atoms with Gasteiger partial charge in [0.2, 0.25) is 5.88 Å².